The van der Waals surface area contributed by atoms with Crippen LogP contribution >= 0.6 is 0 Å². The van der Waals surface area contributed by atoms with Gasteiger partial charge in [0.25, 0.3) is 5.91 Å². The third-order valence-electron chi connectivity index (χ3n) is 3.97. The van der Waals surface area contributed by atoms with Crippen LogP contribution in [0.5, 0.6) is 0 Å². The SMILES string of the molecule is O=C(NCC1CNCC1O)c1c[nH]cc1-c1ccc(F)cc1. The number of rotatable bonds is 4. The average Bonchev–Trinajstić information content (AvgIpc) is 3.15. The standard InChI is InChI=1S/C16H18FN3O2/c17-12-3-1-10(2-4-12)13-7-19-8-14(13)16(22)20-6-11-5-18-9-15(11)21/h1-4,7-8,11,15,18-19,21H,5-6,9H2,(H,20,22). The van der Waals surface area contributed by atoms with Crippen LogP contribution in [-0.4, -0.2) is 41.7 Å². The predicted octanol–water partition coefficient (Wildman–Crippen LogP) is 1.13. The molecule has 0 aliphatic carbocycles. The first kappa shape index (κ1) is 14.7. The zero-order valence-corrected chi connectivity index (χ0v) is 12.0. The van der Waals surface area contributed by atoms with Crippen LogP contribution in [0.4, 0.5) is 4.39 Å². The van der Waals surface area contributed by atoms with E-state index in [1.807, 2.05) is 0 Å². The highest BCUT2D eigenvalue weighted by Crippen LogP contribution is 2.23. The molecule has 4 N–H and O–H groups in total. The molecule has 1 amide bonds. The molecule has 1 aliphatic heterocycles. The summed E-state index contributed by atoms with van der Waals surface area (Å²) in [5.74, 6) is -0.496. The minimum absolute atomic E-state index is 0.0252. The Morgan fingerprint density at radius 1 is 1.27 bits per heavy atom. The molecule has 0 radical (unpaired) electrons. The quantitative estimate of drug-likeness (QED) is 0.684. The Kier molecular flexibility index (Phi) is 4.22. The van der Waals surface area contributed by atoms with E-state index in [2.05, 4.69) is 15.6 Å². The fourth-order valence-electron chi connectivity index (χ4n) is 2.67. The Morgan fingerprint density at radius 3 is 2.73 bits per heavy atom. The van der Waals surface area contributed by atoms with Gasteiger partial charge in [-0.15, -0.1) is 0 Å². The van der Waals surface area contributed by atoms with Crippen molar-refractivity contribution in [3.05, 3.63) is 48.0 Å². The van der Waals surface area contributed by atoms with Crippen LogP contribution in [0.1, 0.15) is 10.4 Å². The molecule has 2 heterocycles. The van der Waals surface area contributed by atoms with Gasteiger partial charge in [0.2, 0.25) is 0 Å². The van der Waals surface area contributed by atoms with Gasteiger partial charge in [-0.1, -0.05) is 12.1 Å². The molecule has 0 bridgehead atoms. The Bertz CT molecular complexity index is 654. The van der Waals surface area contributed by atoms with Gasteiger partial charge in [0.1, 0.15) is 5.82 Å². The van der Waals surface area contributed by atoms with Crippen LogP contribution in [0.25, 0.3) is 11.1 Å². The van der Waals surface area contributed by atoms with Crippen LogP contribution in [-0.2, 0) is 0 Å². The third kappa shape index (κ3) is 3.03. The summed E-state index contributed by atoms with van der Waals surface area (Å²) in [5, 5.41) is 15.7. The van der Waals surface area contributed by atoms with Gasteiger partial charge in [-0.25, -0.2) is 4.39 Å². The van der Waals surface area contributed by atoms with Gasteiger partial charge in [-0.3, -0.25) is 4.79 Å². The maximum absolute atomic E-state index is 13.0. The Balaban J connectivity index is 1.71. The number of aliphatic hydroxyl groups is 1. The van der Waals surface area contributed by atoms with Gasteiger partial charge in [-0.05, 0) is 17.7 Å². The van der Waals surface area contributed by atoms with Crippen molar-refractivity contribution in [1.82, 2.24) is 15.6 Å². The molecule has 2 atom stereocenters. The Morgan fingerprint density at radius 2 is 2.05 bits per heavy atom. The average molecular weight is 303 g/mol. The smallest absolute Gasteiger partial charge is 0.253 e. The third-order valence-corrected chi connectivity index (χ3v) is 3.97. The number of carbonyl (C=O) groups is 1. The van der Waals surface area contributed by atoms with Crippen molar-refractivity contribution >= 4 is 5.91 Å². The Labute approximate surface area is 127 Å². The molecule has 0 spiro atoms. The number of hydrogen-bond donors (Lipinski definition) is 4. The fraction of sp³-hybridized carbons (Fsp3) is 0.312. The van der Waals surface area contributed by atoms with Gasteiger partial charge >= 0.3 is 0 Å². The molecule has 116 valence electrons. The van der Waals surface area contributed by atoms with Crippen LogP contribution in [0, 0.1) is 11.7 Å². The number of aliphatic hydroxyl groups excluding tert-OH is 1. The number of carbonyl (C=O) groups excluding carboxylic acids is 1. The highest BCUT2D eigenvalue weighted by Gasteiger charge is 2.25. The summed E-state index contributed by atoms with van der Waals surface area (Å²) < 4.78 is 13.0. The summed E-state index contributed by atoms with van der Waals surface area (Å²) >= 11 is 0. The first-order chi connectivity index (χ1) is 10.6. The lowest BCUT2D eigenvalue weighted by molar-refractivity contribution is 0.0928. The zero-order valence-electron chi connectivity index (χ0n) is 12.0. The van der Waals surface area contributed by atoms with E-state index < -0.39 is 6.10 Å². The maximum Gasteiger partial charge on any atom is 0.253 e. The van der Waals surface area contributed by atoms with E-state index in [0.29, 0.717) is 25.2 Å². The predicted molar refractivity (Wildman–Crippen MR) is 80.9 cm³/mol. The van der Waals surface area contributed by atoms with Crippen LogP contribution in [0.3, 0.4) is 0 Å². The monoisotopic (exact) mass is 303 g/mol. The van der Waals surface area contributed by atoms with Gasteiger partial charge in [0, 0.05) is 43.5 Å². The van der Waals surface area contributed by atoms with Crippen LogP contribution in [0.2, 0.25) is 0 Å². The minimum Gasteiger partial charge on any atom is -0.391 e. The van der Waals surface area contributed by atoms with E-state index >= 15 is 0 Å². The van der Waals surface area contributed by atoms with E-state index in [0.717, 1.165) is 11.1 Å². The molecule has 1 aliphatic rings. The summed E-state index contributed by atoms with van der Waals surface area (Å²) in [6, 6.07) is 6.01. The van der Waals surface area contributed by atoms with Crippen molar-refractivity contribution < 1.29 is 14.3 Å². The molecule has 1 aromatic heterocycles. The first-order valence-corrected chi connectivity index (χ1v) is 7.25. The lowest BCUT2D eigenvalue weighted by Gasteiger charge is -2.14. The van der Waals surface area contributed by atoms with E-state index in [1.54, 1.807) is 24.5 Å². The molecule has 5 nitrogen and oxygen atoms in total. The number of amides is 1. The molecule has 22 heavy (non-hydrogen) atoms. The number of H-pyrrole nitrogens is 1. The van der Waals surface area contributed by atoms with E-state index in [1.165, 1.54) is 12.1 Å². The lowest BCUT2D eigenvalue weighted by atomic mass is 10.0. The molecule has 2 aromatic rings. The largest absolute Gasteiger partial charge is 0.391 e. The second kappa shape index (κ2) is 6.29. The highest BCUT2D eigenvalue weighted by molar-refractivity contribution is 6.00. The first-order valence-electron chi connectivity index (χ1n) is 7.25. The number of nitrogens with one attached hydrogen (secondary N) is 3. The summed E-state index contributed by atoms with van der Waals surface area (Å²) in [5.41, 5.74) is 2.00. The zero-order chi connectivity index (χ0) is 15.5. The van der Waals surface area contributed by atoms with E-state index in [4.69, 9.17) is 0 Å². The highest BCUT2D eigenvalue weighted by atomic mass is 19.1. The topological polar surface area (TPSA) is 77.2 Å². The van der Waals surface area contributed by atoms with E-state index in [-0.39, 0.29) is 17.6 Å². The number of halogens is 1. The lowest BCUT2D eigenvalue weighted by Crippen LogP contribution is -2.34. The molecule has 6 heteroatoms. The molecular formula is C16H18FN3O2. The van der Waals surface area contributed by atoms with E-state index in [9.17, 15) is 14.3 Å². The maximum atomic E-state index is 13.0. The molecule has 1 aromatic carbocycles. The van der Waals surface area contributed by atoms with Crippen molar-refractivity contribution in [2.24, 2.45) is 5.92 Å². The van der Waals surface area contributed by atoms with Crippen molar-refractivity contribution in [2.75, 3.05) is 19.6 Å². The van der Waals surface area contributed by atoms with Crippen molar-refractivity contribution in [3.8, 4) is 11.1 Å². The Hall–Kier alpha value is -2.18. The number of benzene rings is 1. The molecule has 2 unspecified atom stereocenters. The van der Waals surface area contributed by atoms with Crippen molar-refractivity contribution in [3.63, 3.8) is 0 Å². The normalized spacial score (nSPS) is 21.0. The summed E-state index contributed by atoms with van der Waals surface area (Å²) in [6.07, 6.45) is 2.91. The van der Waals surface area contributed by atoms with Gasteiger partial charge in [0.15, 0.2) is 0 Å². The van der Waals surface area contributed by atoms with Crippen LogP contribution < -0.4 is 10.6 Å². The summed E-state index contributed by atoms with van der Waals surface area (Å²) in [6.45, 7) is 1.67. The van der Waals surface area contributed by atoms with Gasteiger partial charge < -0.3 is 20.7 Å². The fourth-order valence-corrected chi connectivity index (χ4v) is 2.67. The molecule has 1 saturated heterocycles. The number of hydrogen-bond acceptors (Lipinski definition) is 3. The summed E-state index contributed by atoms with van der Waals surface area (Å²) in [4.78, 5) is 15.2. The summed E-state index contributed by atoms with van der Waals surface area (Å²) in [7, 11) is 0. The van der Waals surface area contributed by atoms with Gasteiger partial charge in [-0.2, -0.15) is 0 Å². The second-order valence-corrected chi connectivity index (χ2v) is 5.49. The van der Waals surface area contributed by atoms with Crippen LogP contribution in [0.15, 0.2) is 36.7 Å². The molecule has 0 saturated carbocycles. The second-order valence-electron chi connectivity index (χ2n) is 5.49. The van der Waals surface area contributed by atoms with Crippen molar-refractivity contribution in [1.29, 1.82) is 0 Å². The van der Waals surface area contributed by atoms with Crippen molar-refractivity contribution in [2.45, 2.75) is 6.10 Å². The molecule has 3 rings (SSSR count). The molecule has 1 fully saturated rings. The van der Waals surface area contributed by atoms with Gasteiger partial charge in [0.05, 0.1) is 11.7 Å². The number of β-amino-alcohol motifs (C(OH)–C–C–N with tert-alkyl or cyclic N) is 1. The minimum atomic E-state index is -0.428. The number of aromatic amines is 1. The number of aromatic nitrogens is 1. The molecular weight excluding hydrogens is 285 g/mol.